The molecule has 6 heteroatoms. The van der Waals surface area contributed by atoms with Crippen LogP contribution in [0.2, 0.25) is 0 Å². The van der Waals surface area contributed by atoms with Gasteiger partial charge in [0, 0.05) is 34.5 Å². The molecular weight excluding hydrogens is 844 g/mol. The van der Waals surface area contributed by atoms with E-state index in [1.807, 2.05) is 41.2 Å². The third-order valence-electron chi connectivity index (χ3n) is 10.1. The number of rotatable bonds is 11. The zero-order chi connectivity index (χ0) is 37.3. The monoisotopic (exact) mass is 895 g/mol. The van der Waals surface area contributed by atoms with Gasteiger partial charge < -0.3 is 9.30 Å². The summed E-state index contributed by atoms with van der Waals surface area (Å²) in [4.78, 5) is 4.92. The Morgan fingerprint density at radius 3 is 2.19 bits per heavy atom. The number of pyridine rings is 1. The first-order valence-corrected chi connectivity index (χ1v) is 19.1. The minimum Gasteiger partial charge on any atom is -0.509 e. The molecular formula is C48H52N4OPt. The maximum absolute atomic E-state index is 6.53. The van der Waals surface area contributed by atoms with Crippen molar-refractivity contribution in [1.29, 1.82) is 0 Å². The van der Waals surface area contributed by atoms with Crippen molar-refractivity contribution >= 4 is 21.8 Å². The van der Waals surface area contributed by atoms with Gasteiger partial charge in [0.15, 0.2) is 0 Å². The van der Waals surface area contributed by atoms with Gasteiger partial charge in [0.25, 0.3) is 0 Å². The third kappa shape index (κ3) is 8.90. The van der Waals surface area contributed by atoms with Crippen molar-refractivity contribution in [2.75, 3.05) is 0 Å². The first-order valence-electron chi connectivity index (χ1n) is 19.1. The fourth-order valence-corrected chi connectivity index (χ4v) is 7.30. The predicted molar refractivity (Wildman–Crippen MR) is 220 cm³/mol. The van der Waals surface area contributed by atoms with Gasteiger partial charge in [-0.1, -0.05) is 95.9 Å². The summed E-state index contributed by atoms with van der Waals surface area (Å²) in [5.74, 6) is 2.13. The molecule has 0 fully saturated rings. The Morgan fingerprint density at radius 1 is 0.685 bits per heavy atom. The quantitative estimate of drug-likeness (QED) is 0.0960. The second kappa shape index (κ2) is 16.1. The maximum atomic E-state index is 6.53. The maximum Gasteiger partial charge on any atom is 2.00 e. The number of aryl methyl sites for hydroxylation is 3. The number of ether oxygens (including phenoxy) is 1. The Bertz CT molecular complexity index is 2370. The van der Waals surface area contributed by atoms with Crippen molar-refractivity contribution < 1.29 is 25.8 Å². The number of fused-ring (bicyclic) bond motifs is 3. The van der Waals surface area contributed by atoms with E-state index in [1.54, 1.807) is 0 Å². The number of benzene rings is 4. The fraction of sp³-hybridized carbons (Fsp3) is 0.333. The Kier molecular flexibility index (Phi) is 11.7. The standard InChI is InChI=1S/C48H52N4O.Pt/c1-33-46(37-16-10-9-11-17-37)34(2)52(50-33)38-18-14-19-39(31-38)53-40-21-22-41-42-29-35(15-12-13-26-47(3,4)5)20-23-43(42)51(44(41)32-40)45-30-36(25-28-49-45)24-27-48(6,7)8;/h9-11,14,16-23,25,28-30H,12-13,15,24,26-27H2,1-8H3;/q-2;+2. The average molecular weight is 896 g/mol. The predicted octanol–water partition coefficient (Wildman–Crippen LogP) is 12.8. The van der Waals surface area contributed by atoms with Gasteiger partial charge in [-0.15, -0.1) is 35.7 Å². The average Bonchev–Trinajstić information content (AvgIpc) is 3.61. The van der Waals surface area contributed by atoms with Crippen molar-refractivity contribution in [1.82, 2.24) is 19.3 Å². The van der Waals surface area contributed by atoms with Gasteiger partial charge in [0.2, 0.25) is 0 Å². The van der Waals surface area contributed by atoms with E-state index in [0.29, 0.717) is 16.9 Å². The molecule has 280 valence electrons. The zero-order valence-electron chi connectivity index (χ0n) is 33.0. The van der Waals surface area contributed by atoms with Crippen LogP contribution in [0.4, 0.5) is 0 Å². The van der Waals surface area contributed by atoms with Crippen LogP contribution in [-0.2, 0) is 33.9 Å². The van der Waals surface area contributed by atoms with Gasteiger partial charge in [-0.3, -0.25) is 4.68 Å². The van der Waals surface area contributed by atoms with Gasteiger partial charge in [0.1, 0.15) is 5.82 Å². The van der Waals surface area contributed by atoms with E-state index in [0.717, 1.165) is 69.7 Å². The van der Waals surface area contributed by atoms with Crippen LogP contribution >= 0.6 is 0 Å². The van der Waals surface area contributed by atoms with E-state index in [9.17, 15) is 0 Å². The number of hydrogen-bond acceptors (Lipinski definition) is 3. The van der Waals surface area contributed by atoms with Crippen LogP contribution in [0.25, 0.3) is 44.4 Å². The summed E-state index contributed by atoms with van der Waals surface area (Å²) in [7, 11) is 0. The first-order chi connectivity index (χ1) is 25.3. The van der Waals surface area contributed by atoms with E-state index in [-0.39, 0.29) is 26.5 Å². The van der Waals surface area contributed by atoms with Gasteiger partial charge in [-0.25, -0.2) is 4.98 Å². The number of aromatic nitrogens is 4. The first kappa shape index (κ1) is 39.2. The summed E-state index contributed by atoms with van der Waals surface area (Å²) >= 11 is 0. The number of unbranched alkanes of at least 4 members (excludes halogenated alkanes) is 1. The van der Waals surface area contributed by atoms with Crippen molar-refractivity contribution in [2.24, 2.45) is 10.8 Å². The molecule has 0 aliphatic carbocycles. The molecule has 0 aliphatic rings. The van der Waals surface area contributed by atoms with Crippen LogP contribution < -0.4 is 4.74 Å². The molecule has 7 rings (SSSR count). The van der Waals surface area contributed by atoms with Crippen LogP contribution in [0.1, 0.15) is 89.7 Å². The third-order valence-corrected chi connectivity index (χ3v) is 10.1. The molecule has 0 aliphatic heterocycles. The van der Waals surface area contributed by atoms with Crippen molar-refractivity contribution in [2.45, 2.75) is 93.9 Å². The Hall–Kier alpha value is -4.47. The molecule has 3 heterocycles. The smallest absolute Gasteiger partial charge is 0.509 e. The van der Waals surface area contributed by atoms with Gasteiger partial charge >= 0.3 is 21.1 Å². The summed E-state index contributed by atoms with van der Waals surface area (Å²) in [5.41, 5.74) is 10.5. The van der Waals surface area contributed by atoms with Crippen molar-refractivity contribution in [3.8, 4) is 34.1 Å². The van der Waals surface area contributed by atoms with Gasteiger partial charge in [0.05, 0.1) is 5.69 Å². The topological polar surface area (TPSA) is 44.9 Å². The summed E-state index contributed by atoms with van der Waals surface area (Å²) in [6.45, 7) is 18.0. The number of hydrogen-bond donors (Lipinski definition) is 0. The fourth-order valence-electron chi connectivity index (χ4n) is 7.30. The minimum absolute atomic E-state index is 0. The second-order valence-corrected chi connectivity index (χ2v) is 16.9. The normalized spacial score (nSPS) is 12.0. The summed E-state index contributed by atoms with van der Waals surface area (Å²) < 4.78 is 10.7. The molecule has 0 saturated heterocycles. The molecule has 4 aromatic carbocycles. The van der Waals surface area contributed by atoms with E-state index >= 15 is 0 Å². The largest absolute Gasteiger partial charge is 2.00 e. The Labute approximate surface area is 336 Å². The van der Waals surface area contributed by atoms with E-state index in [4.69, 9.17) is 14.8 Å². The summed E-state index contributed by atoms with van der Waals surface area (Å²) in [6.07, 6.45) is 8.77. The van der Waals surface area contributed by atoms with E-state index < -0.39 is 0 Å². The zero-order valence-corrected chi connectivity index (χ0v) is 35.3. The van der Waals surface area contributed by atoms with Crippen LogP contribution in [0, 0.1) is 36.8 Å². The molecule has 0 spiro atoms. The molecule has 3 aromatic heterocycles. The molecule has 7 aromatic rings. The van der Waals surface area contributed by atoms with Crippen molar-refractivity contribution in [3.05, 3.63) is 132 Å². The Balaban J connectivity index is 0.00000497. The van der Waals surface area contributed by atoms with Gasteiger partial charge in [-0.2, -0.15) is 17.2 Å². The van der Waals surface area contributed by atoms with Crippen LogP contribution in [0.3, 0.4) is 0 Å². The summed E-state index contributed by atoms with van der Waals surface area (Å²) in [5, 5.41) is 7.25. The molecule has 0 atom stereocenters. The SMILES string of the molecule is Cc1nn(-c2[c-]c(Oc3[c-]c4c(cc3)c3cc(CCCCC(C)(C)C)ccc3n4-c3cc(CCC(C)(C)C)ccn3)ccc2)c(C)c1-c1ccccc1.[Pt+2]. The minimum atomic E-state index is 0. The van der Waals surface area contributed by atoms with E-state index in [2.05, 4.69) is 133 Å². The van der Waals surface area contributed by atoms with Crippen LogP contribution in [0.15, 0.2) is 97.2 Å². The van der Waals surface area contributed by atoms with Crippen molar-refractivity contribution in [3.63, 3.8) is 0 Å². The molecule has 5 nitrogen and oxygen atoms in total. The van der Waals surface area contributed by atoms with E-state index in [1.165, 1.54) is 35.8 Å². The molecule has 0 N–H and O–H groups in total. The molecule has 54 heavy (non-hydrogen) atoms. The molecule has 0 bridgehead atoms. The van der Waals surface area contributed by atoms with Gasteiger partial charge in [-0.05, 0) is 103 Å². The number of nitrogens with zero attached hydrogens (tertiary/aromatic N) is 4. The molecule has 0 unspecified atom stereocenters. The summed E-state index contributed by atoms with van der Waals surface area (Å²) in [6, 6.07) is 39.0. The second-order valence-electron chi connectivity index (χ2n) is 16.9. The Morgan fingerprint density at radius 2 is 1.43 bits per heavy atom. The molecule has 0 saturated carbocycles. The molecule has 0 amide bonds. The van der Waals surface area contributed by atoms with Crippen LogP contribution in [0.5, 0.6) is 11.5 Å². The molecule has 0 radical (unpaired) electrons. The van der Waals surface area contributed by atoms with Crippen LogP contribution in [-0.4, -0.2) is 19.3 Å².